The van der Waals surface area contributed by atoms with E-state index in [1.807, 2.05) is 62.4 Å². The fourth-order valence-corrected chi connectivity index (χ4v) is 4.21. The second-order valence-electron chi connectivity index (χ2n) is 8.44. The Hall–Kier alpha value is -4.52. The summed E-state index contributed by atoms with van der Waals surface area (Å²) in [6.45, 7) is 4.04. The maximum absolute atomic E-state index is 13.2. The summed E-state index contributed by atoms with van der Waals surface area (Å²) in [4.78, 5) is 25.3. The molecule has 3 heterocycles. The van der Waals surface area contributed by atoms with E-state index in [1.165, 1.54) is 24.3 Å². The van der Waals surface area contributed by atoms with E-state index < -0.39 is 0 Å². The van der Waals surface area contributed by atoms with Crippen LogP contribution in [0.2, 0.25) is 0 Å². The fraction of sp³-hybridized carbons (Fsp3) is 0.107. The average molecular weight is 466 g/mol. The largest absolute Gasteiger partial charge is 0.358 e. The molecule has 3 aromatic heterocycles. The van der Waals surface area contributed by atoms with Crippen molar-refractivity contribution in [1.29, 1.82) is 0 Å². The molecule has 0 radical (unpaired) electrons. The van der Waals surface area contributed by atoms with E-state index in [9.17, 15) is 9.18 Å². The zero-order chi connectivity index (χ0) is 24.4. The number of amides is 1. The van der Waals surface area contributed by atoms with E-state index in [4.69, 9.17) is 0 Å². The molecule has 6 nitrogen and oxygen atoms in total. The number of aromatic amines is 1. The lowest BCUT2D eigenvalue weighted by Gasteiger charge is -2.20. The highest BCUT2D eigenvalue weighted by molar-refractivity contribution is 6.05. The summed E-state index contributed by atoms with van der Waals surface area (Å²) < 4.78 is 13.2. The normalized spacial score (nSPS) is 11.9. The van der Waals surface area contributed by atoms with Crippen LogP contribution in [0.5, 0.6) is 0 Å². The third-order valence-corrected chi connectivity index (χ3v) is 5.88. The van der Waals surface area contributed by atoms with Crippen LogP contribution in [0, 0.1) is 19.7 Å². The maximum atomic E-state index is 13.2. The molecule has 1 atom stereocenters. The second-order valence-corrected chi connectivity index (χ2v) is 8.44. The highest BCUT2D eigenvalue weighted by atomic mass is 19.1. The van der Waals surface area contributed by atoms with Crippen molar-refractivity contribution in [3.05, 3.63) is 119 Å². The molecular weight excluding hydrogens is 441 g/mol. The number of carbonyl (C=O) groups excluding carboxylic acids is 1. The summed E-state index contributed by atoms with van der Waals surface area (Å²) in [5, 5.41) is 7.42. The predicted molar refractivity (Wildman–Crippen MR) is 136 cm³/mol. The summed E-state index contributed by atoms with van der Waals surface area (Å²) in [6.07, 6.45) is 3.55. The van der Waals surface area contributed by atoms with Crippen molar-refractivity contribution >= 4 is 28.3 Å². The number of halogens is 1. The standard InChI is InChI=1S/C28H24FN5O/c1-17-12-14-31-25(15-17)34-27(24-5-3-4-13-30-24)26-18(2)32-23-11-10-21(16-22(23)26)33-28(35)19-6-8-20(29)9-7-19/h3-16,27,32H,1-2H3,(H,31,34)(H,33,35)/t27-/m0/s1. The van der Waals surface area contributed by atoms with Crippen LogP contribution in [-0.4, -0.2) is 20.9 Å². The number of fused-ring (bicyclic) bond motifs is 1. The topological polar surface area (TPSA) is 82.7 Å². The first-order chi connectivity index (χ1) is 17.0. The Morgan fingerprint density at radius 3 is 2.51 bits per heavy atom. The number of hydrogen-bond acceptors (Lipinski definition) is 4. The number of nitrogens with one attached hydrogen (secondary N) is 3. The molecule has 3 N–H and O–H groups in total. The van der Waals surface area contributed by atoms with Crippen LogP contribution in [0.25, 0.3) is 10.9 Å². The van der Waals surface area contributed by atoms with Gasteiger partial charge in [0.25, 0.3) is 5.91 Å². The molecule has 35 heavy (non-hydrogen) atoms. The molecule has 0 saturated heterocycles. The van der Waals surface area contributed by atoms with Crippen LogP contribution >= 0.6 is 0 Å². The van der Waals surface area contributed by atoms with Gasteiger partial charge in [0.05, 0.1) is 11.7 Å². The van der Waals surface area contributed by atoms with E-state index in [2.05, 4.69) is 25.6 Å². The molecule has 5 aromatic rings. The van der Waals surface area contributed by atoms with Gasteiger partial charge in [-0.15, -0.1) is 0 Å². The second kappa shape index (κ2) is 9.38. The highest BCUT2D eigenvalue weighted by Gasteiger charge is 2.23. The van der Waals surface area contributed by atoms with E-state index in [0.717, 1.165) is 39.2 Å². The van der Waals surface area contributed by atoms with Gasteiger partial charge in [0.2, 0.25) is 0 Å². The quantitative estimate of drug-likeness (QED) is 0.280. The molecule has 0 aliphatic carbocycles. The number of nitrogens with zero attached hydrogens (tertiary/aromatic N) is 2. The minimum absolute atomic E-state index is 0.276. The van der Waals surface area contributed by atoms with E-state index in [0.29, 0.717) is 11.3 Å². The smallest absolute Gasteiger partial charge is 0.255 e. The minimum Gasteiger partial charge on any atom is -0.358 e. The van der Waals surface area contributed by atoms with Gasteiger partial charge < -0.3 is 15.6 Å². The lowest BCUT2D eigenvalue weighted by atomic mass is 9.99. The van der Waals surface area contributed by atoms with E-state index >= 15 is 0 Å². The third-order valence-electron chi connectivity index (χ3n) is 5.88. The molecule has 0 aliphatic rings. The van der Waals surface area contributed by atoms with Crippen LogP contribution in [0.4, 0.5) is 15.9 Å². The van der Waals surface area contributed by atoms with Crippen molar-refractivity contribution in [2.24, 2.45) is 0 Å². The van der Waals surface area contributed by atoms with Crippen LogP contribution in [0.1, 0.15) is 38.9 Å². The lowest BCUT2D eigenvalue weighted by molar-refractivity contribution is 0.102. The first-order valence-electron chi connectivity index (χ1n) is 11.3. The molecule has 0 aliphatic heterocycles. The molecule has 7 heteroatoms. The minimum atomic E-state index is -0.383. The zero-order valence-electron chi connectivity index (χ0n) is 19.3. The van der Waals surface area contributed by atoms with E-state index in [1.54, 1.807) is 12.4 Å². The summed E-state index contributed by atoms with van der Waals surface area (Å²) in [5.74, 6) is 0.0586. The van der Waals surface area contributed by atoms with Gasteiger partial charge in [-0.05, 0) is 86.1 Å². The number of aryl methyl sites for hydroxylation is 2. The summed E-state index contributed by atoms with van der Waals surface area (Å²) in [5.41, 5.74) is 5.91. The number of benzene rings is 2. The first-order valence-corrected chi connectivity index (χ1v) is 11.3. The van der Waals surface area contributed by atoms with Gasteiger partial charge in [0.15, 0.2) is 0 Å². The number of anilines is 2. The Morgan fingerprint density at radius 2 is 1.77 bits per heavy atom. The molecule has 0 spiro atoms. The Balaban J connectivity index is 1.55. The van der Waals surface area contributed by atoms with Gasteiger partial charge >= 0.3 is 0 Å². The summed E-state index contributed by atoms with van der Waals surface area (Å²) in [6, 6.07) is 20.7. The van der Waals surface area contributed by atoms with Crippen LogP contribution in [-0.2, 0) is 0 Å². The van der Waals surface area contributed by atoms with Gasteiger partial charge in [-0.2, -0.15) is 0 Å². The molecule has 174 valence electrons. The van der Waals surface area contributed by atoms with Crippen molar-refractivity contribution < 1.29 is 9.18 Å². The zero-order valence-corrected chi connectivity index (χ0v) is 19.3. The molecule has 0 unspecified atom stereocenters. The Labute approximate surface area is 202 Å². The molecule has 2 aromatic carbocycles. The summed E-state index contributed by atoms with van der Waals surface area (Å²) in [7, 11) is 0. The number of carbonyl (C=O) groups is 1. The Kier molecular flexibility index (Phi) is 5.97. The number of rotatable bonds is 6. The van der Waals surface area contributed by atoms with Gasteiger partial charge in [-0.1, -0.05) is 6.07 Å². The number of aromatic nitrogens is 3. The van der Waals surface area contributed by atoms with Crippen molar-refractivity contribution in [2.75, 3.05) is 10.6 Å². The van der Waals surface area contributed by atoms with Gasteiger partial charge in [-0.3, -0.25) is 9.78 Å². The summed E-state index contributed by atoms with van der Waals surface area (Å²) >= 11 is 0. The van der Waals surface area contributed by atoms with Gasteiger partial charge in [0.1, 0.15) is 11.6 Å². The predicted octanol–water partition coefficient (Wildman–Crippen LogP) is 6.17. The molecular formula is C28H24FN5O. The van der Waals surface area contributed by atoms with Crippen LogP contribution in [0.15, 0.2) is 85.2 Å². The SMILES string of the molecule is Cc1ccnc(N[C@@H](c2ccccn2)c2c(C)[nH]c3ccc(NC(=O)c4ccc(F)cc4)cc23)c1. The molecule has 0 saturated carbocycles. The maximum Gasteiger partial charge on any atom is 0.255 e. The Morgan fingerprint density at radius 1 is 0.943 bits per heavy atom. The highest BCUT2D eigenvalue weighted by Crippen LogP contribution is 2.35. The van der Waals surface area contributed by atoms with E-state index in [-0.39, 0.29) is 17.8 Å². The first kappa shape index (κ1) is 22.3. The number of H-pyrrole nitrogens is 1. The monoisotopic (exact) mass is 465 g/mol. The fourth-order valence-electron chi connectivity index (χ4n) is 4.21. The molecule has 1 amide bonds. The molecule has 0 bridgehead atoms. The molecule has 0 fully saturated rings. The Bertz CT molecular complexity index is 1500. The van der Waals surface area contributed by atoms with Crippen molar-refractivity contribution in [2.45, 2.75) is 19.9 Å². The van der Waals surface area contributed by atoms with Crippen molar-refractivity contribution in [3.8, 4) is 0 Å². The van der Waals surface area contributed by atoms with Crippen molar-refractivity contribution in [3.63, 3.8) is 0 Å². The average Bonchev–Trinajstić information content (AvgIpc) is 3.18. The molecule has 5 rings (SSSR count). The number of hydrogen-bond donors (Lipinski definition) is 3. The van der Waals surface area contributed by atoms with Gasteiger partial charge in [0, 0.05) is 45.8 Å². The number of pyridine rings is 2. The van der Waals surface area contributed by atoms with Gasteiger partial charge in [-0.25, -0.2) is 9.37 Å². The van der Waals surface area contributed by atoms with Crippen LogP contribution < -0.4 is 10.6 Å². The van der Waals surface area contributed by atoms with Crippen LogP contribution in [0.3, 0.4) is 0 Å². The van der Waals surface area contributed by atoms with Crippen molar-refractivity contribution in [1.82, 2.24) is 15.0 Å². The lowest BCUT2D eigenvalue weighted by Crippen LogP contribution is -2.15. The third kappa shape index (κ3) is 4.75.